The molecule has 2 aromatic heterocycles. The summed E-state index contributed by atoms with van der Waals surface area (Å²) in [5.41, 5.74) is 0.162. The molecule has 0 bridgehead atoms. The summed E-state index contributed by atoms with van der Waals surface area (Å²) in [6, 6.07) is 5.65. The summed E-state index contributed by atoms with van der Waals surface area (Å²) < 4.78 is 54.3. The van der Waals surface area contributed by atoms with E-state index in [0.29, 0.717) is 96.4 Å². The van der Waals surface area contributed by atoms with Crippen LogP contribution in [0.15, 0.2) is 42.7 Å². The van der Waals surface area contributed by atoms with E-state index in [0.717, 1.165) is 75.5 Å². The van der Waals surface area contributed by atoms with Crippen LogP contribution in [0.2, 0.25) is 0 Å². The van der Waals surface area contributed by atoms with Gasteiger partial charge in [-0.05, 0) is 153 Å². The fourth-order valence-corrected chi connectivity index (χ4v) is 13.6. The van der Waals surface area contributed by atoms with E-state index in [2.05, 4.69) is 67.6 Å². The van der Waals surface area contributed by atoms with Crippen LogP contribution in [-0.4, -0.2) is 166 Å². The number of anilines is 2. The first-order valence-electron chi connectivity index (χ1n) is 30.6. The molecule has 23 heteroatoms. The zero-order chi connectivity index (χ0) is 59.7. The number of likely N-dealkylation sites (tertiary alicyclic amines) is 3. The van der Waals surface area contributed by atoms with Gasteiger partial charge in [-0.1, -0.05) is 6.07 Å². The van der Waals surface area contributed by atoms with Gasteiger partial charge in [-0.15, -0.1) is 0 Å². The Labute approximate surface area is 491 Å². The highest BCUT2D eigenvalue weighted by atomic mass is 19.4. The molecule has 0 spiro atoms. The summed E-state index contributed by atoms with van der Waals surface area (Å²) in [6.07, 6.45) is 10.5. The number of pyridine rings is 1. The molecule has 20 nitrogen and oxygen atoms in total. The van der Waals surface area contributed by atoms with Crippen molar-refractivity contribution in [2.75, 3.05) is 63.6 Å². The Hall–Kier alpha value is -6.20. The van der Waals surface area contributed by atoms with Crippen LogP contribution in [0.3, 0.4) is 0 Å². The van der Waals surface area contributed by atoms with Gasteiger partial charge in [-0.2, -0.15) is 18.2 Å². The van der Waals surface area contributed by atoms with Crippen LogP contribution in [0.4, 0.5) is 24.9 Å². The van der Waals surface area contributed by atoms with Gasteiger partial charge in [0.2, 0.25) is 41.4 Å². The number of ether oxygens (including phenoxy) is 2. The third kappa shape index (κ3) is 16.4. The van der Waals surface area contributed by atoms with Crippen molar-refractivity contribution in [3.05, 3.63) is 53.9 Å². The Morgan fingerprint density at radius 1 is 0.810 bits per heavy atom. The summed E-state index contributed by atoms with van der Waals surface area (Å²) in [5, 5.41) is 19.6. The van der Waals surface area contributed by atoms with Gasteiger partial charge < -0.3 is 56.1 Å². The maximum absolute atomic E-state index is 14.2. The SMILES string of the molecule is CC(=O)N[C@@H]1C[C@H](NC(C)(C)C)CC[C@@H]1N1CC[C@H](Nc2nc(NCC3CCN(C(=O)C4CCC(NC(=O)CCCOC5CCC(OCCNC(=O)[C@H]6CC(=O)N(C)[C@@H]6c6cccnc6)CC5)CC4)CC3)nc3ccc(C(F)(F)F)cc23)C1=O. The normalized spacial score (nSPS) is 27.2. The van der Waals surface area contributed by atoms with Crippen molar-refractivity contribution >= 4 is 58.1 Å². The molecule has 460 valence electrons. The molecule has 84 heavy (non-hydrogen) atoms. The average molecular weight is 1170 g/mol. The van der Waals surface area contributed by atoms with E-state index in [1.54, 1.807) is 29.2 Å². The Balaban J connectivity index is 0.654. The molecule has 6 atom stereocenters. The monoisotopic (exact) mass is 1170 g/mol. The van der Waals surface area contributed by atoms with Crippen molar-refractivity contribution in [2.24, 2.45) is 17.8 Å². The summed E-state index contributed by atoms with van der Waals surface area (Å²) in [7, 11) is 1.72. The number of hydrogen-bond donors (Lipinski definition) is 6. The lowest BCUT2D eigenvalue weighted by Gasteiger charge is -2.43. The number of alkyl halides is 3. The number of rotatable bonds is 21. The molecule has 6 aliphatic rings. The number of piperidine rings is 1. The third-order valence-corrected chi connectivity index (χ3v) is 18.0. The highest BCUT2D eigenvalue weighted by Gasteiger charge is 2.45. The van der Waals surface area contributed by atoms with Gasteiger partial charge in [0.25, 0.3) is 0 Å². The summed E-state index contributed by atoms with van der Waals surface area (Å²) in [5.74, 6) is -0.478. The van der Waals surface area contributed by atoms with Gasteiger partial charge in [0.15, 0.2) is 0 Å². The van der Waals surface area contributed by atoms with Gasteiger partial charge in [0, 0.05) is 107 Å². The minimum atomic E-state index is -4.60. The van der Waals surface area contributed by atoms with E-state index in [-0.39, 0.29) is 119 Å². The summed E-state index contributed by atoms with van der Waals surface area (Å²) in [4.78, 5) is 97.6. The van der Waals surface area contributed by atoms with Crippen molar-refractivity contribution in [1.29, 1.82) is 0 Å². The lowest BCUT2D eigenvalue weighted by molar-refractivity contribution is -0.138. The molecule has 9 rings (SSSR count). The van der Waals surface area contributed by atoms with Crippen LogP contribution in [-0.2, 0) is 44.4 Å². The van der Waals surface area contributed by atoms with Crippen molar-refractivity contribution in [3.8, 4) is 0 Å². The second-order valence-electron chi connectivity index (χ2n) is 25.3. The Kier molecular flexibility index (Phi) is 20.7. The fourth-order valence-electron chi connectivity index (χ4n) is 13.6. The quantitative estimate of drug-likeness (QED) is 0.0612. The minimum Gasteiger partial charge on any atom is -0.378 e. The smallest absolute Gasteiger partial charge is 0.378 e. The number of nitrogens with zero attached hydrogens (tertiary/aromatic N) is 6. The number of fused-ring (bicyclic) bond motifs is 1. The topological polar surface area (TPSA) is 241 Å². The van der Waals surface area contributed by atoms with Crippen molar-refractivity contribution in [3.63, 3.8) is 0 Å². The molecule has 3 aliphatic heterocycles. The first-order valence-corrected chi connectivity index (χ1v) is 30.6. The largest absolute Gasteiger partial charge is 0.416 e. The molecule has 3 aromatic rings. The van der Waals surface area contributed by atoms with E-state index in [1.165, 1.54) is 13.0 Å². The third-order valence-electron chi connectivity index (χ3n) is 18.0. The number of carbonyl (C=O) groups excluding carboxylic acids is 6. The second-order valence-corrected chi connectivity index (χ2v) is 25.3. The van der Waals surface area contributed by atoms with Crippen LogP contribution in [0.5, 0.6) is 0 Å². The van der Waals surface area contributed by atoms with E-state index >= 15 is 0 Å². The standard InChI is InChI=1S/C61H87F3N12O8/c1-37(77)68-50-33-43(73-60(2,3)4)15-21-51(50)76-29-24-49(58(76)82)70-55-46-32-41(61(62,63)64)12-20-48(46)71-59(72-55)67-35-38-22-27-75(28-23-38)57(81)39-10-13-42(14-11-39)69-52(78)9-7-30-83-44-16-18-45(19-17-44)84-31-26-66-56(80)47-34-53(79)74(5)54(47)40-8-6-25-65-36-40/h6,8,12,20,25,32,36,38-39,42-45,47,49-51,54,73H,7,9-11,13-19,21-24,26-31,33-35H2,1-5H3,(H,66,80)(H,68,77)(H,69,78)(H2,67,70,71,72)/t39?,42?,43-,44?,45?,47+,49+,50-,51+,54-/m1/s1. The van der Waals surface area contributed by atoms with Gasteiger partial charge in [-0.25, -0.2) is 4.98 Å². The molecular weight excluding hydrogens is 1090 g/mol. The van der Waals surface area contributed by atoms with Gasteiger partial charge >= 0.3 is 6.18 Å². The molecule has 3 saturated heterocycles. The van der Waals surface area contributed by atoms with Crippen molar-refractivity contribution in [1.82, 2.24) is 50.9 Å². The Morgan fingerprint density at radius 3 is 2.20 bits per heavy atom. The number of nitrogens with one attached hydrogen (secondary N) is 6. The molecule has 6 N–H and O–H groups in total. The maximum atomic E-state index is 14.2. The molecule has 5 heterocycles. The molecule has 0 radical (unpaired) electrons. The number of halogens is 3. The fraction of sp³-hybridized carbons (Fsp3) is 0.689. The van der Waals surface area contributed by atoms with Crippen molar-refractivity contribution < 1.29 is 51.4 Å². The molecule has 3 saturated carbocycles. The predicted molar refractivity (Wildman–Crippen MR) is 310 cm³/mol. The van der Waals surface area contributed by atoms with Gasteiger partial charge in [0.1, 0.15) is 11.9 Å². The first kappa shape index (κ1) is 62.3. The van der Waals surface area contributed by atoms with Gasteiger partial charge in [-0.3, -0.25) is 33.8 Å². The predicted octanol–water partition coefficient (Wildman–Crippen LogP) is 6.66. The molecular formula is C61H87F3N12O8. The van der Waals surface area contributed by atoms with Crippen LogP contribution < -0.4 is 31.9 Å². The average Bonchev–Trinajstić information content (AvgIpc) is 3.22. The van der Waals surface area contributed by atoms with E-state index in [4.69, 9.17) is 9.47 Å². The van der Waals surface area contributed by atoms with E-state index < -0.39 is 23.7 Å². The number of aromatic nitrogens is 3. The lowest BCUT2D eigenvalue weighted by Crippen LogP contribution is -2.59. The Bertz CT molecular complexity index is 2760. The zero-order valence-electron chi connectivity index (χ0n) is 49.4. The highest BCUT2D eigenvalue weighted by molar-refractivity contribution is 5.94. The van der Waals surface area contributed by atoms with Crippen LogP contribution >= 0.6 is 0 Å². The Morgan fingerprint density at radius 2 is 1.52 bits per heavy atom. The minimum absolute atomic E-state index is 0.00313. The van der Waals surface area contributed by atoms with Crippen LogP contribution in [0, 0.1) is 17.8 Å². The summed E-state index contributed by atoms with van der Waals surface area (Å²) in [6.45, 7) is 11.1. The summed E-state index contributed by atoms with van der Waals surface area (Å²) >= 11 is 0. The molecule has 1 aromatic carbocycles. The van der Waals surface area contributed by atoms with E-state index in [9.17, 15) is 41.9 Å². The lowest BCUT2D eigenvalue weighted by atomic mass is 9.84. The maximum Gasteiger partial charge on any atom is 0.416 e. The molecule has 6 amide bonds. The van der Waals surface area contributed by atoms with Crippen LogP contribution in [0.1, 0.15) is 154 Å². The number of amides is 6. The number of hydrogen-bond acceptors (Lipinski definition) is 14. The highest BCUT2D eigenvalue weighted by Crippen LogP contribution is 2.38. The molecule has 6 fully saturated rings. The molecule has 0 unspecified atom stereocenters. The van der Waals surface area contributed by atoms with Crippen molar-refractivity contribution in [2.45, 2.75) is 197 Å². The van der Waals surface area contributed by atoms with Gasteiger partial charge in [0.05, 0.1) is 53.9 Å². The second kappa shape index (κ2) is 27.9. The van der Waals surface area contributed by atoms with Crippen LogP contribution in [0.25, 0.3) is 10.9 Å². The van der Waals surface area contributed by atoms with E-state index in [1.807, 2.05) is 17.0 Å². The first-order chi connectivity index (χ1) is 40.1. The number of carbonyl (C=O) groups is 6. The number of benzene rings is 1. The zero-order valence-corrected chi connectivity index (χ0v) is 49.4. The molecule has 3 aliphatic carbocycles.